The molecule has 3 saturated heterocycles. The Labute approximate surface area is 396 Å². The van der Waals surface area contributed by atoms with Gasteiger partial charge in [-0.2, -0.15) is 0 Å². The summed E-state index contributed by atoms with van der Waals surface area (Å²) in [4.78, 5) is 43.4. The molecule has 5 heterocycles. The summed E-state index contributed by atoms with van der Waals surface area (Å²) < 4.78 is 41.6. The minimum absolute atomic E-state index is 0.0180. The number of nitrogens with zero attached hydrogens (tertiary/aromatic N) is 5. The third-order valence-corrected chi connectivity index (χ3v) is 15.3. The standard InChI is InChI=1S/C49H56Cl2N8O6S/c1-49(2)15-11-35(42(30-49)33-3-5-36(50)6-4-33)32-56-19-21-57(22-20-56)38-7-9-41(45(28-38)65-39-27-34-12-16-52-46(34)53-31-39)47(60)55-66(62,63)40-8-10-44(43(51)29-40)54-48(61)59-17-13-37(14-18-59)58-23-25-64-26-24-58/h3-10,12,16,27-29,31,37H,11,13-15,17-26,30,32H2,1-2H3,(H,52,53)(H,54,61)(H,55,60). The lowest BCUT2D eigenvalue weighted by molar-refractivity contribution is 0.00419. The number of aromatic nitrogens is 2. The summed E-state index contributed by atoms with van der Waals surface area (Å²) in [5.41, 5.74) is 6.18. The summed E-state index contributed by atoms with van der Waals surface area (Å²) >= 11 is 12.8. The number of hydrogen-bond acceptors (Lipinski definition) is 10. The maximum absolute atomic E-state index is 14.0. The molecule has 17 heteroatoms. The van der Waals surface area contributed by atoms with Gasteiger partial charge in [-0.15, -0.1) is 0 Å². The maximum atomic E-state index is 14.0. The minimum atomic E-state index is -4.42. The smallest absolute Gasteiger partial charge is 0.321 e. The molecule has 5 aromatic rings. The molecular formula is C49H56Cl2N8O6S. The summed E-state index contributed by atoms with van der Waals surface area (Å²) in [5.74, 6) is -0.328. The van der Waals surface area contributed by atoms with E-state index in [9.17, 15) is 18.0 Å². The Balaban J connectivity index is 0.878. The molecule has 0 bridgehead atoms. The highest BCUT2D eigenvalue weighted by Gasteiger charge is 2.31. The fraction of sp³-hybridized carbons (Fsp3) is 0.408. The first-order chi connectivity index (χ1) is 31.8. The van der Waals surface area contributed by atoms with Crippen LogP contribution in [0, 0.1) is 5.41 Å². The first-order valence-electron chi connectivity index (χ1n) is 22.7. The van der Waals surface area contributed by atoms with Crippen LogP contribution in [0.4, 0.5) is 16.2 Å². The fourth-order valence-corrected chi connectivity index (χ4v) is 11.0. The fourth-order valence-electron chi connectivity index (χ4n) is 9.55. The van der Waals surface area contributed by atoms with Gasteiger partial charge in [0, 0.05) is 93.3 Å². The van der Waals surface area contributed by atoms with Crippen molar-refractivity contribution in [3.05, 3.63) is 112 Å². The number of urea groups is 1. The molecule has 3 amide bonds. The molecule has 1 aliphatic carbocycles. The summed E-state index contributed by atoms with van der Waals surface area (Å²) in [6.45, 7) is 13.2. The van der Waals surface area contributed by atoms with E-state index < -0.39 is 15.9 Å². The largest absolute Gasteiger partial charge is 0.455 e. The van der Waals surface area contributed by atoms with Crippen molar-refractivity contribution in [2.45, 2.75) is 56.9 Å². The highest BCUT2D eigenvalue weighted by molar-refractivity contribution is 7.90. The zero-order valence-electron chi connectivity index (χ0n) is 37.3. The van der Waals surface area contributed by atoms with E-state index in [2.05, 4.69) is 60.7 Å². The number of fused-ring (bicyclic) bond motifs is 1. The molecule has 2 aromatic heterocycles. The summed E-state index contributed by atoms with van der Waals surface area (Å²) in [6.07, 6.45) is 8.27. The number of morpholine rings is 1. The number of piperidine rings is 1. The maximum Gasteiger partial charge on any atom is 0.321 e. The number of carbonyl (C=O) groups excluding carboxylic acids is 2. The van der Waals surface area contributed by atoms with Crippen LogP contribution in [0.25, 0.3) is 16.6 Å². The number of amides is 3. The van der Waals surface area contributed by atoms with Crippen molar-refractivity contribution in [1.82, 2.24) is 29.4 Å². The number of sulfonamides is 1. The molecule has 9 rings (SSSR count). The molecular weight excluding hydrogens is 900 g/mol. The summed E-state index contributed by atoms with van der Waals surface area (Å²) in [7, 11) is -4.42. The lowest BCUT2D eigenvalue weighted by atomic mass is 9.72. The van der Waals surface area contributed by atoms with Crippen LogP contribution < -0.4 is 19.7 Å². The number of carbonyl (C=O) groups is 2. The number of likely N-dealkylation sites (tertiary alicyclic amines) is 1. The molecule has 0 spiro atoms. The van der Waals surface area contributed by atoms with Gasteiger partial charge in [0.1, 0.15) is 17.1 Å². The topological polar surface area (TPSA) is 152 Å². The average Bonchev–Trinajstić information content (AvgIpc) is 3.79. The van der Waals surface area contributed by atoms with Gasteiger partial charge >= 0.3 is 6.03 Å². The van der Waals surface area contributed by atoms with Crippen LogP contribution in [0.15, 0.2) is 95.7 Å². The van der Waals surface area contributed by atoms with Gasteiger partial charge in [0.15, 0.2) is 0 Å². The molecule has 4 aliphatic rings. The van der Waals surface area contributed by atoms with Crippen molar-refractivity contribution < 1.29 is 27.5 Å². The molecule has 0 unspecified atom stereocenters. The zero-order valence-corrected chi connectivity index (χ0v) is 39.7. The number of H-pyrrole nitrogens is 1. The number of nitrogens with one attached hydrogen (secondary N) is 3. The van der Waals surface area contributed by atoms with E-state index in [1.165, 1.54) is 34.9 Å². The molecule has 0 saturated carbocycles. The van der Waals surface area contributed by atoms with Crippen molar-refractivity contribution in [2.75, 3.05) is 82.3 Å². The van der Waals surface area contributed by atoms with Crippen LogP contribution in [0.1, 0.15) is 61.9 Å². The molecule has 0 atom stereocenters. The monoisotopic (exact) mass is 954 g/mol. The number of piperazine rings is 1. The Morgan fingerprint density at radius 3 is 2.41 bits per heavy atom. The van der Waals surface area contributed by atoms with Crippen LogP contribution in [-0.4, -0.2) is 123 Å². The number of halogens is 2. The first kappa shape index (κ1) is 46.0. The Morgan fingerprint density at radius 2 is 1.67 bits per heavy atom. The predicted octanol–water partition coefficient (Wildman–Crippen LogP) is 8.90. The zero-order chi connectivity index (χ0) is 46.0. The third-order valence-electron chi connectivity index (χ3n) is 13.4. The second-order valence-corrected chi connectivity index (χ2v) is 21.0. The number of ether oxygens (including phenoxy) is 2. The van der Waals surface area contributed by atoms with Crippen LogP contribution in [0.2, 0.25) is 10.0 Å². The average molecular weight is 956 g/mol. The summed E-state index contributed by atoms with van der Waals surface area (Å²) in [6, 6.07) is 21.1. The van der Waals surface area contributed by atoms with Gasteiger partial charge in [0.2, 0.25) is 0 Å². The highest BCUT2D eigenvalue weighted by Crippen LogP contribution is 2.43. The highest BCUT2D eigenvalue weighted by atomic mass is 35.5. The predicted molar refractivity (Wildman–Crippen MR) is 259 cm³/mol. The van der Waals surface area contributed by atoms with E-state index in [4.69, 9.17) is 32.7 Å². The number of pyridine rings is 1. The van der Waals surface area contributed by atoms with Gasteiger partial charge in [0.25, 0.3) is 15.9 Å². The number of allylic oxidation sites excluding steroid dienone is 1. The van der Waals surface area contributed by atoms with Gasteiger partial charge in [-0.1, -0.05) is 54.8 Å². The second kappa shape index (κ2) is 19.6. The number of benzene rings is 3. The van der Waals surface area contributed by atoms with Crippen LogP contribution >= 0.6 is 23.2 Å². The summed E-state index contributed by atoms with van der Waals surface area (Å²) in [5, 5.41) is 4.40. The molecule has 0 radical (unpaired) electrons. The third kappa shape index (κ3) is 10.7. The molecule has 14 nitrogen and oxygen atoms in total. The van der Waals surface area contributed by atoms with Gasteiger partial charge in [-0.25, -0.2) is 22.9 Å². The van der Waals surface area contributed by atoms with Crippen LogP contribution in [-0.2, 0) is 14.8 Å². The Kier molecular flexibility index (Phi) is 13.6. The first-order valence-corrected chi connectivity index (χ1v) is 24.9. The molecule has 3 aromatic carbocycles. The van der Waals surface area contributed by atoms with E-state index in [0.29, 0.717) is 30.5 Å². The number of rotatable bonds is 11. The SMILES string of the molecule is CC1(C)CCC(CN2CCN(c3ccc(C(=O)NS(=O)(=O)c4ccc(NC(=O)N5CCC(N6CCOCC6)CC5)c(Cl)c4)c(Oc4cnc5[nH]ccc5c4)c3)CC2)=C(c2ccc(Cl)cc2)C1. The van der Waals surface area contributed by atoms with Crippen molar-refractivity contribution in [3.63, 3.8) is 0 Å². The molecule has 66 heavy (non-hydrogen) atoms. The second-order valence-electron chi connectivity index (χ2n) is 18.4. The van der Waals surface area contributed by atoms with Crippen LogP contribution in [0.3, 0.4) is 0 Å². The molecule has 3 aliphatic heterocycles. The van der Waals surface area contributed by atoms with E-state index in [1.54, 1.807) is 35.5 Å². The quantitative estimate of drug-likeness (QED) is 0.117. The lowest BCUT2D eigenvalue weighted by Crippen LogP contribution is -2.50. The van der Waals surface area contributed by atoms with Gasteiger partial charge in [-0.05, 0) is 103 Å². The number of aromatic amines is 1. The Hall–Kier alpha value is -5.16. The molecule has 348 valence electrons. The van der Waals surface area contributed by atoms with Crippen molar-refractivity contribution in [1.29, 1.82) is 0 Å². The van der Waals surface area contributed by atoms with Gasteiger partial charge in [0.05, 0.1) is 40.6 Å². The van der Waals surface area contributed by atoms with Crippen molar-refractivity contribution in [3.8, 4) is 11.5 Å². The van der Waals surface area contributed by atoms with E-state index in [-0.39, 0.29) is 38.4 Å². The van der Waals surface area contributed by atoms with Gasteiger partial charge < -0.3 is 29.6 Å². The van der Waals surface area contributed by atoms with Crippen molar-refractivity contribution in [2.24, 2.45) is 5.41 Å². The molecule has 3 N–H and O–H groups in total. The van der Waals surface area contributed by atoms with Crippen molar-refractivity contribution >= 4 is 73.1 Å². The minimum Gasteiger partial charge on any atom is -0.455 e. The van der Waals surface area contributed by atoms with Gasteiger partial charge in [-0.3, -0.25) is 14.6 Å². The number of hydrogen-bond donors (Lipinski definition) is 3. The number of anilines is 2. The lowest BCUT2D eigenvalue weighted by Gasteiger charge is -2.40. The Morgan fingerprint density at radius 1 is 0.909 bits per heavy atom. The molecule has 3 fully saturated rings. The van der Waals surface area contributed by atoms with E-state index >= 15 is 0 Å². The van der Waals surface area contributed by atoms with E-state index in [0.717, 1.165) is 107 Å². The Bertz CT molecular complexity index is 2720. The van der Waals surface area contributed by atoms with E-state index in [1.807, 2.05) is 24.3 Å². The van der Waals surface area contributed by atoms with Crippen LogP contribution in [0.5, 0.6) is 11.5 Å². The normalized spacial score (nSPS) is 19.0.